The minimum Gasteiger partial charge on any atom is -0.366 e. The number of nitrogens with one attached hydrogen (secondary N) is 2. The Morgan fingerprint density at radius 2 is 1.90 bits per heavy atom. The van der Waals surface area contributed by atoms with Gasteiger partial charge in [-0.15, -0.1) is 0 Å². The second-order valence-corrected chi connectivity index (χ2v) is 7.08. The zero-order chi connectivity index (χ0) is 20.1. The maximum absolute atomic E-state index is 11.0. The fraction of sp³-hybridized carbons (Fsp3) is 0.286. The van der Waals surface area contributed by atoms with Gasteiger partial charge in [0.15, 0.2) is 0 Å². The number of nitro benzene ring substituents is 1. The molecule has 4 rings (SSSR count). The van der Waals surface area contributed by atoms with E-state index in [9.17, 15) is 10.1 Å². The van der Waals surface area contributed by atoms with Crippen LogP contribution >= 0.6 is 0 Å². The average molecular weight is 390 g/mol. The third kappa shape index (κ3) is 4.84. The van der Waals surface area contributed by atoms with E-state index in [0.29, 0.717) is 24.4 Å². The van der Waals surface area contributed by atoms with Crippen LogP contribution in [0.4, 0.5) is 17.5 Å². The molecule has 3 aromatic rings. The first-order valence-electron chi connectivity index (χ1n) is 9.71. The molecule has 0 amide bonds. The van der Waals surface area contributed by atoms with Crippen molar-refractivity contribution >= 4 is 17.5 Å². The Morgan fingerprint density at radius 1 is 1.03 bits per heavy atom. The molecule has 1 aromatic carbocycles. The number of aromatic nitrogens is 3. The number of non-ortho nitro benzene ring substituents is 1. The predicted octanol–water partition coefficient (Wildman–Crippen LogP) is 4.41. The van der Waals surface area contributed by atoms with E-state index in [1.54, 1.807) is 18.3 Å². The molecule has 1 saturated carbocycles. The van der Waals surface area contributed by atoms with Crippen molar-refractivity contribution in [1.29, 1.82) is 0 Å². The predicted molar refractivity (Wildman–Crippen MR) is 112 cm³/mol. The maximum atomic E-state index is 11.0. The van der Waals surface area contributed by atoms with Gasteiger partial charge in [-0.25, -0.2) is 4.98 Å². The Hall–Kier alpha value is -3.55. The third-order valence-electron chi connectivity index (χ3n) is 4.94. The number of anilines is 2. The van der Waals surface area contributed by atoms with Gasteiger partial charge in [0.2, 0.25) is 5.95 Å². The minimum atomic E-state index is -0.392. The summed E-state index contributed by atoms with van der Waals surface area (Å²) in [6.07, 6.45) is 6.41. The Balaban J connectivity index is 1.57. The van der Waals surface area contributed by atoms with Gasteiger partial charge >= 0.3 is 0 Å². The van der Waals surface area contributed by atoms with Crippen LogP contribution in [0, 0.1) is 10.1 Å². The summed E-state index contributed by atoms with van der Waals surface area (Å²) >= 11 is 0. The molecule has 29 heavy (non-hydrogen) atoms. The van der Waals surface area contributed by atoms with Crippen LogP contribution in [0.1, 0.15) is 31.2 Å². The van der Waals surface area contributed by atoms with E-state index in [0.717, 1.165) is 29.8 Å². The zero-order valence-corrected chi connectivity index (χ0v) is 15.9. The Labute approximate surface area is 168 Å². The second kappa shape index (κ2) is 8.64. The molecule has 1 fully saturated rings. The number of hydrogen-bond acceptors (Lipinski definition) is 7. The standard InChI is InChI=1S/C21H22N6O2/c28-27(29)17-9-5-6-15(12-17)14-23-20-13-19(18-10-3-4-11-22-18)25-21(26-20)24-16-7-1-2-8-16/h3-6,9-13,16H,1-2,7-8,14H2,(H2,23,24,25,26). The Kier molecular flexibility index (Phi) is 5.60. The minimum absolute atomic E-state index is 0.0738. The summed E-state index contributed by atoms with van der Waals surface area (Å²) in [4.78, 5) is 24.2. The highest BCUT2D eigenvalue weighted by atomic mass is 16.6. The van der Waals surface area contributed by atoms with Crippen LogP contribution < -0.4 is 10.6 Å². The van der Waals surface area contributed by atoms with Gasteiger partial charge in [0.1, 0.15) is 5.82 Å². The number of hydrogen-bond donors (Lipinski definition) is 2. The third-order valence-corrected chi connectivity index (χ3v) is 4.94. The molecular formula is C21H22N6O2. The van der Waals surface area contributed by atoms with Crippen molar-refractivity contribution in [2.24, 2.45) is 0 Å². The van der Waals surface area contributed by atoms with E-state index in [-0.39, 0.29) is 5.69 Å². The van der Waals surface area contributed by atoms with Crippen LogP contribution in [0.25, 0.3) is 11.4 Å². The molecule has 8 nitrogen and oxygen atoms in total. The van der Waals surface area contributed by atoms with Gasteiger partial charge in [0.25, 0.3) is 5.69 Å². The SMILES string of the molecule is O=[N+]([O-])c1cccc(CNc2cc(-c3ccccn3)nc(NC3CCCC3)n2)c1. The molecule has 0 saturated heterocycles. The molecule has 148 valence electrons. The van der Waals surface area contributed by atoms with Crippen molar-refractivity contribution in [3.8, 4) is 11.4 Å². The van der Waals surface area contributed by atoms with E-state index in [1.165, 1.54) is 18.9 Å². The Morgan fingerprint density at radius 3 is 2.66 bits per heavy atom. The monoisotopic (exact) mass is 390 g/mol. The summed E-state index contributed by atoms with van der Waals surface area (Å²) in [5.41, 5.74) is 2.37. The fourth-order valence-corrected chi connectivity index (χ4v) is 3.47. The lowest BCUT2D eigenvalue weighted by molar-refractivity contribution is -0.384. The van der Waals surface area contributed by atoms with Gasteiger partial charge < -0.3 is 10.6 Å². The molecule has 1 aliphatic carbocycles. The molecule has 1 aliphatic rings. The van der Waals surface area contributed by atoms with Crippen molar-refractivity contribution in [1.82, 2.24) is 15.0 Å². The van der Waals surface area contributed by atoms with Gasteiger partial charge in [-0.2, -0.15) is 4.98 Å². The number of benzene rings is 1. The molecular weight excluding hydrogens is 368 g/mol. The van der Waals surface area contributed by atoms with Gasteiger partial charge in [-0.1, -0.05) is 31.0 Å². The van der Waals surface area contributed by atoms with Crippen LogP contribution in [0.15, 0.2) is 54.7 Å². The van der Waals surface area contributed by atoms with Crippen LogP contribution in [-0.2, 0) is 6.54 Å². The van der Waals surface area contributed by atoms with Crippen molar-refractivity contribution in [2.75, 3.05) is 10.6 Å². The van der Waals surface area contributed by atoms with E-state index in [1.807, 2.05) is 30.3 Å². The van der Waals surface area contributed by atoms with E-state index in [4.69, 9.17) is 0 Å². The number of pyridine rings is 1. The zero-order valence-electron chi connectivity index (χ0n) is 15.9. The lowest BCUT2D eigenvalue weighted by atomic mass is 10.2. The summed E-state index contributed by atoms with van der Waals surface area (Å²) in [5.74, 6) is 1.22. The average Bonchev–Trinajstić information content (AvgIpc) is 3.26. The molecule has 8 heteroatoms. The number of nitro groups is 1. The summed E-state index contributed by atoms with van der Waals surface area (Å²) in [6, 6.07) is 14.5. The van der Waals surface area contributed by atoms with E-state index >= 15 is 0 Å². The molecule has 0 bridgehead atoms. The highest BCUT2D eigenvalue weighted by Crippen LogP contribution is 2.24. The van der Waals surface area contributed by atoms with E-state index in [2.05, 4.69) is 25.6 Å². The molecule has 2 heterocycles. The molecule has 0 radical (unpaired) electrons. The van der Waals surface area contributed by atoms with Gasteiger partial charge in [-0.05, 0) is 30.5 Å². The van der Waals surface area contributed by atoms with Gasteiger partial charge in [0.05, 0.1) is 16.3 Å². The van der Waals surface area contributed by atoms with Crippen molar-refractivity contribution < 1.29 is 4.92 Å². The molecule has 2 N–H and O–H groups in total. The highest BCUT2D eigenvalue weighted by Gasteiger charge is 2.17. The fourth-order valence-electron chi connectivity index (χ4n) is 3.47. The topological polar surface area (TPSA) is 106 Å². The first-order chi connectivity index (χ1) is 14.2. The Bertz CT molecular complexity index is 989. The van der Waals surface area contributed by atoms with Crippen LogP contribution in [-0.4, -0.2) is 25.9 Å². The smallest absolute Gasteiger partial charge is 0.269 e. The molecule has 0 spiro atoms. The summed E-state index contributed by atoms with van der Waals surface area (Å²) in [5, 5.41) is 17.7. The first kappa shape index (κ1) is 18.8. The molecule has 0 atom stereocenters. The quantitative estimate of drug-likeness (QED) is 0.454. The summed E-state index contributed by atoms with van der Waals surface area (Å²) in [7, 11) is 0. The summed E-state index contributed by atoms with van der Waals surface area (Å²) in [6.45, 7) is 0.420. The van der Waals surface area contributed by atoms with Crippen LogP contribution in [0.5, 0.6) is 0 Å². The van der Waals surface area contributed by atoms with Crippen LogP contribution in [0.3, 0.4) is 0 Å². The lowest BCUT2D eigenvalue weighted by Crippen LogP contribution is -2.17. The molecule has 2 aromatic heterocycles. The summed E-state index contributed by atoms with van der Waals surface area (Å²) < 4.78 is 0. The lowest BCUT2D eigenvalue weighted by Gasteiger charge is -2.14. The molecule has 0 unspecified atom stereocenters. The van der Waals surface area contributed by atoms with Gasteiger partial charge in [0, 0.05) is 37.0 Å². The van der Waals surface area contributed by atoms with Crippen LogP contribution in [0.2, 0.25) is 0 Å². The maximum Gasteiger partial charge on any atom is 0.269 e. The van der Waals surface area contributed by atoms with Crippen molar-refractivity contribution in [2.45, 2.75) is 38.3 Å². The number of nitrogens with zero attached hydrogens (tertiary/aromatic N) is 4. The second-order valence-electron chi connectivity index (χ2n) is 7.08. The van der Waals surface area contributed by atoms with E-state index < -0.39 is 4.92 Å². The van der Waals surface area contributed by atoms with Gasteiger partial charge in [-0.3, -0.25) is 15.1 Å². The number of rotatable bonds is 7. The first-order valence-corrected chi connectivity index (χ1v) is 9.71. The highest BCUT2D eigenvalue weighted by molar-refractivity contribution is 5.61. The van der Waals surface area contributed by atoms with Crippen molar-refractivity contribution in [3.05, 3.63) is 70.4 Å². The normalized spacial score (nSPS) is 13.9. The molecule has 0 aliphatic heterocycles. The largest absolute Gasteiger partial charge is 0.366 e. The van der Waals surface area contributed by atoms with Crippen molar-refractivity contribution in [3.63, 3.8) is 0 Å².